The minimum Gasteiger partial charge on any atom is -0.294 e. The summed E-state index contributed by atoms with van der Waals surface area (Å²) >= 11 is 0. The van der Waals surface area contributed by atoms with Gasteiger partial charge in [-0.15, -0.1) is 0 Å². The highest BCUT2D eigenvalue weighted by molar-refractivity contribution is 5.46. The maximum absolute atomic E-state index is 12.9. The summed E-state index contributed by atoms with van der Waals surface area (Å²) in [5.41, 5.74) is 4.78. The Balaban J connectivity index is 1.93. The molecule has 2 bridgehead atoms. The number of aromatic nitrogens is 2. The van der Waals surface area contributed by atoms with E-state index >= 15 is 0 Å². The Hall–Kier alpha value is -1.77. The van der Waals surface area contributed by atoms with Crippen molar-refractivity contribution in [2.45, 2.75) is 51.9 Å². The van der Waals surface area contributed by atoms with Crippen molar-refractivity contribution in [1.29, 1.82) is 0 Å². The number of aryl methyl sites for hydroxylation is 1. The third kappa shape index (κ3) is 1.37. The largest absolute Gasteiger partial charge is 0.294 e. The highest BCUT2D eigenvalue weighted by Crippen LogP contribution is 2.66. The molecule has 0 radical (unpaired) electrons. The first-order chi connectivity index (χ1) is 9.86. The molecule has 1 aromatic heterocycles. The number of nitrogens with one attached hydrogen (secondary N) is 1. The summed E-state index contributed by atoms with van der Waals surface area (Å²) in [6.45, 7) is 9.00. The van der Waals surface area contributed by atoms with Gasteiger partial charge in [-0.3, -0.25) is 9.89 Å². The Morgan fingerprint density at radius 1 is 1.19 bits per heavy atom. The zero-order valence-electron chi connectivity index (χ0n) is 13.2. The molecule has 4 rings (SSSR count). The van der Waals surface area contributed by atoms with Crippen molar-refractivity contribution in [3.05, 3.63) is 51.4 Å². The first-order valence-electron chi connectivity index (χ1n) is 7.79. The van der Waals surface area contributed by atoms with Gasteiger partial charge in [-0.05, 0) is 43.2 Å². The summed E-state index contributed by atoms with van der Waals surface area (Å²) in [6.07, 6.45) is 2.31. The summed E-state index contributed by atoms with van der Waals surface area (Å²) in [6, 6.07) is 8.12. The van der Waals surface area contributed by atoms with Crippen LogP contribution in [0.4, 0.5) is 0 Å². The Morgan fingerprint density at radius 3 is 2.48 bits per heavy atom. The molecule has 110 valence electrons. The second-order valence-corrected chi connectivity index (χ2v) is 7.52. The summed E-state index contributed by atoms with van der Waals surface area (Å²) in [7, 11) is 0. The fourth-order valence-corrected chi connectivity index (χ4v) is 4.52. The lowest BCUT2D eigenvalue weighted by molar-refractivity contribution is 0.224. The van der Waals surface area contributed by atoms with Crippen molar-refractivity contribution in [1.82, 2.24) is 9.78 Å². The van der Waals surface area contributed by atoms with E-state index in [1.54, 1.807) is 4.68 Å². The Bertz CT molecular complexity index is 779. The highest BCUT2D eigenvalue weighted by Gasteiger charge is 2.61. The van der Waals surface area contributed by atoms with Gasteiger partial charge in [0.1, 0.15) is 0 Å². The molecule has 0 spiro atoms. The van der Waals surface area contributed by atoms with E-state index in [9.17, 15) is 4.79 Å². The predicted molar refractivity (Wildman–Crippen MR) is 84.2 cm³/mol. The zero-order valence-corrected chi connectivity index (χ0v) is 13.2. The van der Waals surface area contributed by atoms with Crippen LogP contribution in [0.2, 0.25) is 0 Å². The number of benzene rings is 1. The molecule has 1 saturated carbocycles. The normalized spacial score (nSPS) is 28.9. The third-order valence-electron chi connectivity index (χ3n) is 6.35. The van der Waals surface area contributed by atoms with Crippen LogP contribution in [-0.2, 0) is 5.41 Å². The first kappa shape index (κ1) is 12.9. The molecule has 1 unspecified atom stereocenters. The molecule has 0 saturated heterocycles. The van der Waals surface area contributed by atoms with Gasteiger partial charge in [0, 0.05) is 16.7 Å². The van der Waals surface area contributed by atoms with Crippen molar-refractivity contribution < 1.29 is 0 Å². The third-order valence-corrected chi connectivity index (χ3v) is 6.35. The Kier molecular flexibility index (Phi) is 2.28. The second kappa shape index (κ2) is 3.70. The van der Waals surface area contributed by atoms with E-state index < -0.39 is 0 Å². The molecule has 21 heavy (non-hydrogen) atoms. The highest BCUT2D eigenvalue weighted by atomic mass is 16.1. The fourth-order valence-electron chi connectivity index (χ4n) is 4.52. The van der Waals surface area contributed by atoms with Gasteiger partial charge < -0.3 is 0 Å². The van der Waals surface area contributed by atoms with Crippen LogP contribution in [-0.4, -0.2) is 9.78 Å². The molecule has 3 heteroatoms. The number of hydrogen-bond acceptors (Lipinski definition) is 1. The quantitative estimate of drug-likeness (QED) is 0.852. The van der Waals surface area contributed by atoms with Crippen molar-refractivity contribution in [3.63, 3.8) is 0 Å². The number of nitrogens with zero attached hydrogens (tertiary/aromatic N) is 1. The second-order valence-electron chi connectivity index (χ2n) is 7.52. The molecule has 2 aromatic rings. The molecule has 2 aliphatic carbocycles. The van der Waals surface area contributed by atoms with Gasteiger partial charge in [0.25, 0.3) is 5.56 Å². The predicted octanol–water partition coefficient (Wildman–Crippen LogP) is 3.65. The van der Waals surface area contributed by atoms with Gasteiger partial charge in [0.2, 0.25) is 0 Å². The van der Waals surface area contributed by atoms with E-state index in [-0.39, 0.29) is 16.4 Å². The van der Waals surface area contributed by atoms with Crippen LogP contribution in [0.5, 0.6) is 0 Å². The van der Waals surface area contributed by atoms with E-state index in [4.69, 9.17) is 0 Å². The molecule has 2 aliphatic rings. The van der Waals surface area contributed by atoms with Crippen molar-refractivity contribution in [3.8, 4) is 5.69 Å². The van der Waals surface area contributed by atoms with Gasteiger partial charge in [0.15, 0.2) is 0 Å². The number of rotatable bonds is 1. The van der Waals surface area contributed by atoms with Gasteiger partial charge >= 0.3 is 0 Å². The lowest BCUT2D eigenvalue weighted by Crippen LogP contribution is -2.33. The van der Waals surface area contributed by atoms with Gasteiger partial charge in [-0.25, -0.2) is 4.68 Å². The standard InChI is InChI=1S/C18H22N2O/c1-11-5-7-12(8-6-11)20-16(21)14-13-9-10-18(4,15(14)19-20)17(13,2)3/h5-8,13,19H,9-10H2,1-4H3/t13?,18-/m0/s1. The first-order valence-corrected chi connectivity index (χ1v) is 7.79. The number of aromatic amines is 1. The Morgan fingerprint density at radius 2 is 1.86 bits per heavy atom. The molecular weight excluding hydrogens is 260 g/mol. The van der Waals surface area contributed by atoms with Gasteiger partial charge in [0.05, 0.1) is 5.69 Å². The minimum absolute atomic E-state index is 0.0993. The number of fused-ring (bicyclic) bond motifs is 5. The van der Waals surface area contributed by atoms with Crippen LogP contribution in [0.25, 0.3) is 5.69 Å². The zero-order chi connectivity index (χ0) is 15.0. The van der Waals surface area contributed by atoms with Crippen LogP contribution in [0, 0.1) is 12.3 Å². The van der Waals surface area contributed by atoms with E-state index in [0.717, 1.165) is 17.7 Å². The smallest absolute Gasteiger partial charge is 0.274 e. The fraction of sp³-hybridized carbons (Fsp3) is 0.500. The lowest BCUT2D eigenvalue weighted by atomic mass is 9.70. The van der Waals surface area contributed by atoms with Gasteiger partial charge in [-0.2, -0.15) is 0 Å². The average Bonchev–Trinajstić information content (AvgIpc) is 2.95. The molecule has 0 aliphatic heterocycles. The van der Waals surface area contributed by atoms with Crippen LogP contribution in [0.15, 0.2) is 29.1 Å². The molecule has 2 atom stereocenters. The average molecular weight is 282 g/mol. The van der Waals surface area contributed by atoms with E-state index in [1.807, 2.05) is 24.3 Å². The molecule has 1 fully saturated rings. The van der Waals surface area contributed by atoms with Crippen LogP contribution in [0.1, 0.15) is 56.4 Å². The maximum Gasteiger partial charge on any atom is 0.274 e. The van der Waals surface area contributed by atoms with Crippen molar-refractivity contribution in [2.24, 2.45) is 5.41 Å². The molecule has 1 N–H and O–H groups in total. The minimum atomic E-state index is 0.0993. The maximum atomic E-state index is 12.9. The van der Waals surface area contributed by atoms with Crippen molar-refractivity contribution in [2.75, 3.05) is 0 Å². The number of hydrogen-bond donors (Lipinski definition) is 1. The van der Waals surface area contributed by atoms with Crippen LogP contribution in [0.3, 0.4) is 0 Å². The monoisotopic (exact) mass is 282 g/mol. The van der Waals surface area contributed by atoms with Crippen LogP contribution < -0.4 is 5.56 Å². The van der Waals surface area contributed by atoms with Crippen LogP contribution >= 0.6 is 0 Å². The summed E-state index contributed by atoms with van der Waals surface area (Å²) in [5.74, 6) is 0.396. The van der Waals surface area contributed by atoms with E-state index in [0.29, 0.717) is 5.92 Å². The van der Waals surface area contributed by atoms with Crippen molar-refractivity contribution >= 4 is 0 Å². The Labute approximate surface area is 125 Å². The molecule has 0 amide bonds. The summed E-state index contributed by atoms with van der Waals surface area (Å²) in [5, 5.41) is 3.43. The van der Waals surface area contributed by atoms with E-state index in [1.165, 1.54) is 17.7 Å². The summed E-state index contributed by atoms with van der Waals surface area (Å²) in [4.78, 5) is 12.9. The van der Waals surface area contributed by atoms with Gasteiger partial charge in [-0.1, -0.05) is 38.5 Å². The summed E-state index contributed by atoms with van der Waals surface area (Å²) < 4.78 is 1.73. The lowest BCUT2D eigenvalue weighted by Gasteiger charge is -2.34. The SMILES string of the molecule is Cc1ccc(-n2[nH]c3c(c2=O)C2CC[C@]3(C)C2(C)C)cc1. The molecule has 3 nitrogen and oxygen atoms in total. The molecule has 1 aromatic carbocycles. The topological polar surface area (TPSA) is 37.8 Å². The molecule has 1 heterocycles. The molecular formula is C18H22N2O. The van der Waals surface area contributed by atoms with E-state index in [2.05, 4.69) is 32.8 Å². The number of H-pyrrole nitrogens is 1.